The number of likely N-dealkylation sites (tertiary alicyclic amines) is 1. The van der Waals surface area contributed by atoms with Gasteiger partial charge in [0.25, 0.3) is 0 Å². The molecule has 0 aromatic rings. The molecule has 0 radical (unpaired) electrons. The Morgan fingerprint density at radius 3 is 2.24 bits per heavy atom. The minimum Gasteiger partial charge on any atom is -0.306 e. The van der Waals surface area contributed by atoms with Crippen molar-refractivity contribution < 1.29 is 0 Å². The third kappa shape index (κ3) is 3.24. The molecule has 0 aromatic heterocycles. The molecule has 0 N–H and O–H groups in total. The van der Waals surface area contributed by atoms with Gasteiger partial charge in [0.15, 0.2) is 0 Å². The van der Waals surface area contributed by atoms with E-state index in [-0.39, 0.29) is 0 Å². The normalized spacial score (nSPS) is 28.4. The molecule has 1 nitrogen and oxygen atoms in total. The smallest absolute Gasteiger partial charge is 0.00165 e. The third-order valence-corrected chi connectivity index (χ3v) is 5.69. The second-order valence-corrected chi connectivity index (χ2v) is 6.91. The predicted octanol–water partition coefficient (Wildman–Crippen LogP) is 4.32. The first-order valence-corrected chi connectivity index (χ1v) is 7.84. The number of hydrogen-bond donors (Lipinski definition) is 0. The zero-order valence-corrected chi connectivity index (χ0v) is 12.2. The average molecular weight is 237 g/mol. The van der Waals surface area contributed by atoms with Crippen LogP contribution in [0, 0.1) is 17.3 Å². The van der Waals surface area contributed by atoms with Gasteiger partial charge in [-0.05, 0) is 75.9 Å². The largest absolute Gasteiger partial charge is 0.306 e. The molecule has 1 unspecified atom stereocenters. The van der Waals surface area contributed by atoms with Gasteiger partial charge >= 0.3 is 0 Å². The van der Waals surface area contributed by atoms with Crippen molar-refractivity contribution in [1.82, 2.24) is 4.90 Å². The Morgan fingerprint density at radius 1 is 1.12 bits per heavy atom. The third-order valence-electron chi connectivity index (χ3n) is 5.69. The molecule has 2 aliphatic rings. The van der Waals surface area contributed by atoms with Crippen molar-refractivity contribution in [1.29, 1.82) is 0 Å². The van der Waals surface area contributed by atoms with Gasteiger partial charge in [0.1, 0.15) is 0 Å². The molecule has 2 fully saturated rings. The molecule has 1 saturated heterocycles. The number of piperidine rings is 1. The Kier molecular flexibility index (Phi) is 4.52. The lowest BCUT2D eigenvalue weighted by atomic mass is 9.63. The summed E-state index contributed by atoms with van der Waals surface area (Å²) in [7, 11) is 2.28. The van der Waals surface area contributed by atoms with Crippen molar-refractivity contribution in [2.24, 2.45) is 17.3 Å². The number of nitrogens with zero attached hydrogens (tertiary/aromatic N) is 1. The van der Waals surface area contributed by atoms with E-state index in [0.29, 0.717) is 0 Å². The van der Waals surface area contributed by atoms with Crippen molar-refractivity contribution in [2.45, 2.75) is 65.2 Å². The van der Waals surface area contributed by atoms with Crippen LogP contribution in [0.4, 0.5) is 0 Å². The fraction of sp³-hybridized carbons (Fsp3) is 1.00. The van der Waals surface area contributed by atoms with Crippen LogP contribution in [0.25, 0.3) is 0 Å². The molecule has 1 atom stereocenters. The maximum absolute atomic E-state index is 2.51. The van der Waals surface area contributed by atoms with Gasteiger partial charge in [0.05, 0.1) is 0 Å². The molecule has 2 rings (SSSR count). The topological polar surface area (TPSA) is 3.24 Å². The average Bonchev–Trinajstić information content (AvgIpc) is 2.35. The van der Waals surface area contributed by atoms with Crippen molar-refractivity contribution in [3.63, 3.8) is 0 Å². The molecule has 1 saturated carbocycles. The number of rotatable bonds is 3. The zero-order chi connectivity index (χ0) is 12.3. The summed E-state index contributed by atoms with van der Waals surface area (Å²) in [6, 6.07) is 0. The highest BCUT2D eigenvalue weighted by molar-refractivity contribution is 4.90. The lowest BCUT2D eigenvalue weighted by Crippen LogP contribution is -2.40. The summed E-state index contributed by atoms with van der Waals surface area (Å²) in [5.74, 6) is 2.02. The zero-order valence-electron chi connectivity index (χ0n) is 12.2. The highest BCUT2D eigenvalue weighted by Gasteiger charge is 2.38. The molecule has 100 valence electrons. The van der Waals surface area contributed by atoms with E-state index in [9.17, 15) is 0 Å². The first-order valence-electron chi connectivity index (χ1n) is 7.84. The molecule has 1 aliphatic heterocycles. The summed E-state index contributed by atoms with van der Waals surface area (Å²) < 4.78 is 0. The van der Waals surface area contributed by atoms with Gasteiger partial charge in [0, 0.05) is 0 Å². The molecule has 1 spiro atoms. The lowest BCUT2D eigenvalue weighted by molar-refractivity contribution is 0.0502. The summed E-state index contributed by atoms with van der Waals surface area (Å²) in [5, 5.41) is 0. The predicted molar refractivity (Wildman–Crippen MR) is 75.2 cm³/mol. The first-order chi connectivity index (χ1) is 8.15. The van der Waals surface area contributed by atoms with E-state index < -0.39 is 0 Å². The van der Waals surface area contributed by atoms with Crippen LogP contribution < -0.4 is 0 Å². The van der Waals surface area contributed by atoms with Crippen LogP contribution in [0.2, 0.25) is 0 Å². The van der Waals surface area contributed by atoms with E-state index in [4.69, 9.17) is 0 Å². The van der Waals surface area contributed by atoms with E-state index in [2.05, 4.69) is 25.8 Å². The van der Waals surface area contributed by atoms with Crippen LogP contribution in [0.5, 0.6) is 0 Å². The van der Waals surface area contributed by atoms with Gasteiger partial charge in [-0.1, -0.05) is 26.7 Å². The Balaban J connectivity index is 1.81. The summed E-state index contributed by atoms with van der Waals surface area (Å²) in [4.78, 5) is 2.51. The maximum Gasteiger partial charge on any atom is -0.00165 e. The van der Waals surface area contributed by atoms with Gasteiger partial charge in [-0.25, -0.2) is 0 Å². The minimum absolute atomic E-state index is 0.759. The van der Waals surface area contributed by atoms with Crippen molar-refractivity contribution in [3.8, 4) is 0 Å². The van der Waals surface area contributed by atoms with Gasteiger partial charge in [-0.3, -0.25) is 0 Å². The first kappa shape index (κ1) is 13.4. The molecular weight excluding hydrogens is 206 g/mol. The molecule has 17 heavy (non-hydrogen) atoms. The van der Waals surface area contributed by atoms with Gasteiger partial charge < -0.3 is 4.90 Å². The summed E-state index contributed by atoms with van der Waals surface area (Å²) in [5.41, 5.74) is 0.759. The van der Waals surface area contributed by atoms with Crippen LogP contribution in [0.1, 0.15) is 65.2 Å². The molecule has 0 aromatic carbocycles. The fourth-order valence-corrected chi connectivity index (χ4v) is 4.11. The van der Waals surface area contributed by atoms with E-state index in [1.54, 1.807) is 0 Å². The van der Waals surface area contributed by atoms with Gasteiger partial charge in [0.2, 0.25) is 0 Å². The van der Waals surface area contributed by atoms with Gasteiger partial charge in [-0.15, -0.1) is 0 Å². The Hall–Kier alpha value is -0.0400. The SMILES string of the molecule is CCCC(C)C1CCC2(CC1)CCN(C)CC2. The Labute approximate surface area is 108 Å². The Morgan fingerprint density at radius 2 is 1.71 bits per heavy atom. The van der Waals surface area contributed by atoms with Gasteiger partial charge in [-0.2, -0.15) is 0 Å². The monoisotopic (exact) mass is 237 g/mol. The second kappa shape index (κ2) is 5.73. The van der Waals surface area contributed by atoms with E-state index in [1.807, 2.05) is 0 Å². The fourth-order valence-electron chi connectivity index (χ4n) is 4.11. The molecular formula is C16H31N. The summed E-state index contributed by atoms with van der Waals surface area (Å²) >= 11 is 0. The lowest BCUT2D eigenvalue weighted by Gasteiger charge is -2.46. The van der Waals surface area contributed by atoms with Crippen LogP contribution in [0.3, 0.4) is 0 Å². The van der Waals surface area contributed by atoms with E-state index in [1.165, 1.54) is 64.5 Å². The van der Waals surface area contributed by atoms with Crippen LogP contribution >= 0.6 is 0 Å². The van der Waals surface area contributed by atoms with Crippen molar-refractivity contribution in [2.75, 3.05) is 20.1 Å². The standard InChI is InChI=1S/C16H31N/c1-4-5-14(2)15-6-8-16(9-7-15)10-12-17(3)13-11-16/h14-15H,4-13H2,1-3H3. The van der Waals surface area contributed by atoms with Crippen molar-refractivity contribution in [3.05, 3.63) is 0 Å². The van der Waals surface area contributed by atoms with Crippen LogP contribution in [0.15, 0.2) is 0 Å². The molecule has 0 amide bonds. The quantitative estimate of drug-likeness (QED) is 0.706. The summed E-state index contributed by atoms with van der Waals surface area (Å²) in [6.45, 7) is 7.50. The highest BCUT2D eigenvalue weighted by Crippen LogP contribution is 2.48. The van der Waals surface area contributed by atoms with Crippen LogP contribution in [-0.4, -0.2) is 25.0 Å². The second-order valence-electron chi connectivity index (χ2n) is 6.91. The highest BCUT2D eigenvalue weighted by atomic mass is 15.1. The van der Waals surface area contributed by atoms with Crippen molar-refractivity contribution >= 4 is 0 Å². The molecule has 0 bridgehead atoms. The molecule has 1 heterocycles. The van der Waals surface area contributed by atoms with E-state index >= 15 is 0 Å². The molecule has 1 aliphatic carbocycles. The van der Waals surface area contributed by atoms with Crippen LogP contribution in [-0.2, 0) is 0 Å². The number of hydrogen-bond acceptors (Lipinski definition) is 1. The Bertz CT molecular complexity index is 218. The minimum atomic E-state index is 0.759. The maximum atomic E-state index is 2.51. The summed E-state index contributed by atoms with van der Waals surface area (Å²) in [6.07, 6.45) is 11.8. The molecule has 1 heteroatoms. The van der Waals surface area contributed by atoms with E-state index in [0.717, 1.165) is 17.3 Å².